The number of allylic oxidation sites excluding steroid dienone is 1. The first-order valence-electron chi connectivity index (χ1n) is 3.14. The molecule has 1 heterocycles. The van der Waals surface area contributed by atoms with Crippen molar-refractivity contribution in [2.75, 3.05) is 0 Å². The zero-order valence-corrected chi connectivity index (χ0v) is 8.54. The van der Waals surface area contributed by atoms with Crippen LogP contribution in [0.25, 0.3) is 6.08 Å². The summed E-state index contributed by atoms with van der Waals surface area (Å²) in [6.07, 6.45) is 1.41. The Kier molecular flexibility index (Phi) is 3.33. The van der Waals surface area contributed by atoms with Crippen LogP contribution >= 0.6 is 34.5 Å². The van der Waals surface area contributed by atoms with E-state index in [1.54, 1.807) is 18.2 Å². The molecule has 0 saturated carbocycles. The molecule has 0 atom stereocenters. The van der Waals surface area contributed by atoms with Gasteiger partial charge >= 0.3 is 0 Å². The SMILES string of the molecule is N#CC(C#N)=Cc1cc(Cl)sc1Cl. The van der Waals surface area contributed by atoms with Crippen LogP contribution in [0.2, 0.25) is 8.67 Å². The van der Waals surface area contributed by atoms with E-state index in [1.807, 2.05) is 0 Å². The summed E-state index contributed by atoms with van der Waals surface area (Å²) in [6, 6.07) is 5.09. The maximum absolute atomic E-state index is 8.47. The first-order valence-corrected chi connectivity index (χ1v) is 4.71. The van der Waals surface area contributed by atoms with Crippen molar-refractivity contribution in [2.45, 2.75) is 0 Å². The second-order valence-electron chi connectivity index (χ2n) is 2.06. The standard InChI is InChI=1S/C8H2Cl2N2S/c9-7-2-6(8(10)13-7)1-5(3-11)4-12/h1-2H. The van der Waals surface area contributed by atoms with Gasteiger partial charge in [-0.05, 0) is 12.1 Å². The Morgan fingerprint density at radius 1 is 1.38 bits per heavy atom. The fourth-order valence-electron chi connectivity index (χ4n) is 0.696. The smallest absolute Gasteiger partial charge is 0.130 e. The van der Waals surface area contributed by atoms with Crippen LogP contribution in [0.5, 0.6) is 0 Å². The van der Waals surface area contributed by atoms with Crippen LogP contribution in [0.4, 0.5) is 0 Å². The quantitative estimate of drug-likeness (QED) is 0.692. The van der Waals surface area contributed by atoms with Gasteiger partial charge in [0.2, 0.25) is 0 Å². The number of nitrogens with zero attached hydrogens (tertiary/aromatic N) is 2. The van der Waals surface area contributed by atoms with Crippen LogP contribution in [0, 0.1) is 22.7 Å². The van der Waals surface area contributed by atoms with Crippen LogP contribution in [-0.2, 0) is 0 Å². The lowest BCUT2D eigenvalue weighted by atomic mass is 10.2. The van der Waals surface area contributed by atoms with E-state index in [1.165, 1.54) is 17.4 Å². The van der Waals surface area contributed by atoms with Crippen molar-refractivity contribution >= 4 is 40.6 Å². The van der Waals surface area contributed by atoms with E-state index in [-0.39, 0.29) is 5.57 Å². The van der Waals surface area contributed by atoms with Crippen LogP contribution in [0.3, 0.4) is 0 Å². The summed E-state index contributed by atoms with van der Waals surface area (Å²) >= 11 is 12.6. The second-order valence-corrected chi connectivity index (χ2v) is 4.35. The summed E-state index contributed by atoms with van der Waals surface area (Å²) in [6.45, 7) is 0. The first kappa shape index (κ1) is 10.1. The number of halogens is 2. The maximum Gasteiger partial charge on any atom is 0.130 e. The number of nitriles is 2. The minimum absolute atomic E-state index is 0.0105. The third-order valence-electron chi connectivity index (χ3n) is 1.22. The van der Waals surface area contributed by atoms with Gasteiger partial charge in [-0.2, -0.15) is 10.5 Å². The third-order valence-corrected chi connectivity index (χ3v) is 2.74. The molecule has 0 radical (unpaired) electrons. The van der Waals surface area contributed by atoms with Crippen LogP contribution in [0.15, 0.2) is 11.6 Å². The van der Waals surface area contributed by atoms with Crippen LogP contribution in [-0.4, -0.2) is 0 Å². The topological polar surface area (TPSA) is 47.6 Å². The first-order chi connectivity index (χ1) is 6.17. The number of thiophene rings is 1. The Morgan fingerprint density at radius 3 is 2.38 bits per heavy atom. The molecule has 0 spiro atoms. The summed E-state index contributed by atoms with van der Waals surface area (Å²) in [5.74, 6) is 0. The van der Waals surface area contributed by atoms with Crippen LogP contribution in [0.1, 0.15) is 5.56 Å². The Hall–Kier alpha value is -1.000. The highest BCUT2D eigenvalue weighted by molar-refractivity contribution is 7.20. The lowest BCUT2D eigenvalue weighted by molar-refractivity contribution is 1.47. The fraction of sp³-hybridized carbons (Fsp3) is 0. The third kappa shape index (κ3) is 2.47. The van der Waals surface area contributed by atoms with Crippen molar-refractivity contribution in [3.63, 3.8) is 0 Å². The van der Waals surface area contributed by atoms with E-state index >= 15 is 0 Å². The molecular formula is C8H2Cl2N2S. The summed E-state index contributed by atoms with van der Waals surface area (Å²) in [5, 5.41) is 16.9. The Morgan fingerprint density at radius 2 is 2.00 bits per heavy atom. The van der Waals surface area contributed by atoms with Crippen molar-refractivity contribution in [1.29, 1.82) is 10.5 Å². The van der Waals surface area contributed by atoms with Crippen molar-refractivity contribution < 1.29 is 0 Å². The molecule has 0 aliphatic carbocycles. The molecule has 0 fully saturated rings. The minimum Gasteiger partial charge on any atom is -0.192 e. The molecule has 0 aliphatic rings. The fourth-order valence-corrected chi connectivity index (χ4v) is 2.12. The zero-order valence-electron chi connectivity index (χ0n) is 6.21. The molecule has 0 saturated heterocycles. The van der Waals surface area contributed by atoms with E-state index in [4.69, 9.17) is 33.7 Å². The minimum atomic E-state index is 0.0105. The zero-order chi connectivity index (χ0) is 9.84. The highest BCUT2D eigenvalue weighted by Crippen LogP contribution is 2.32. The molecule has 1 rings (SSSR count). The van der Waals surface area contributed by atoms with E-state index in [2.05, 4.69) is 0 Å². The monoisotopic (exact) mass is 228 g/mol. The molecule has 0 amide bonds. The Labute approximate surface area is 89.2 Å². The van der Waals surface area contributed by atoms with Crippen molar-refractivity contribution in [2.24, 2.45) is 0 Å². The van der Waals surface area contributed by atoms with Gasteiger partial charge in [0.15, 0.2) is 0 Å². The average molecular weight is 229 g/mol. The Balaban J connectivity index is 3.13. The lowest BCUT2D eigenvalue weighted by Gasteiger charge is -1.85. The second kappa shape index (κ2) is 4.30. The molecule has 13 heavy (non-hydrogen) atoms. The van der Waals surface area contributed by atoms with Gasteiger partial charge in [0.25, 0.3) is 0 Å². The summed E-state index contributed by atoms with van der Waals surface area (Å²) < 4.78 is 1.01. The largest absolute Gasteiger partial charge is 0.192 e. The Bertz CT molecular complexity index is 418. The van der Waals surface area contributed by atoms with Gasteiger partial charge in [-0.1, -0.05) is 23.2 Å². The van der Waals surface area contributed by atoms with Crippen molar-refractivity contribution in [3.05, 3.63) is 25.9 Å². The van der Waals surface area contributed by atoms with E-state index in [0.717, 1.165) is 0 Å². The van der Waals surface area contributed by atoms with E-state index < -0.39 is 0 Å². The highest BCUT2D eigenvalue weighted by Gasteiger charge is 2.04. The van der Waals surface area contributed by atoms with Gasteiger partial charge in [-0.3, -0.25) is 0 Å². The average Bonchev–Trinajstić information content (AvgIpc) is 2.41. The van der Waals surface area contributed by atoms with Crippen LogP contribution < -0.4 is 0 Å². The van der Waals surface area contributed by atoms with Gasteiger partial charge in [-0.15, -0.1) is 11.3 Å². The van der Waals surface area contributed by atoms with Gasteiger partial charge in [0.1, 0.15) is 22.0 Å². The molecule has 0 aliphatic heterocycles. The molecule has 0 aromatic carbocycles. The number of hydrogen-bond acceptors (Lipinski definition) is 3. The normalized spacial score (nSPS) is 8.62. The number of hydrogen-bond donors (Lipinski definition) is 0. The van der Waals surface area contributed by atoms with Gasteiger partial charge < -0.3 is 0 Å². The molecule has 1 aromatic heterocycles. The lowest BCUT2D eigenvalue weighted by Crippen LogP contribution is -1.71. The predicted octanol–water partition coefficient (Wildman–Crippen LogP) is 3.49. The summed E-state index contributed by atoms with van der Waals surface area (Å²) in [5.41, 5.74) is 0.617. The predicted molar refractivity (Wildman–Crippen MR) is 53.5 cm³/mol. The molecule has 64 valence electrons. The molecular weight excluding hydrogens is 227 g/mol. The van der Waals surface area contributed by atoms with Crippen molar-refractivity contribution in [1.82, 2.24) is 0 Å². The van der Waals surface area contributed by atoms with Gasteiger partial charge in [0.05, 0.1) is 4.34 Å². The molecule has 0 N–H and O–H groups in total. The molecule has 0 bridgehead atoms. The summed E-state index contributed by atoms with van der Waals surface area (Å²) in [7, 11) is 0. The van der Waals surface area contributed by atoms with Gasteiger partial charge in [-0.25, -0.2) is 0 Å². The molecule has 5 heteroatoms. The number of rotatable bonds is 1. The summed E-state index contributed by atoms with van der Waals surface area (Å²) in [4.78, 5) is 0. The van der Waals surface area contributed by atoms with Crippen molar-refractivity contribution in [3.8, 4) is 12.1 Å². The molecule has 1 aromatic rings. The highest BCUT2D eigenvalue weighted by atomic mass is 35.5. The molecule has 0 unspecified atom stereocenters. The van der Waals surface area contributed by atoms with E-state index in [9.17, 15) is 0 Å². The maximum atomic E-state index is 8.47. The van der Waals surface area contributed by atoms with Gasteiger partial charge in [0, 0.05) is 5.56 Å². The molecule has 2 nitrogen and oxygen atoms in total. The van der Waals surface area contributed by atoms with E-state index in [0.29, 0.717) is 14.2 Å².